The zero-order valence-electron chi connectivity index (χ0n) is 8.87. The fourth-order valence-electron chi connectivity index (χ4n) is 1.91. The van der Waals surface area contributed by atoms with Gasteiger partial charge in [0.25, 0.3) is 10.1 Å². The highest BCUT2D eigenvalue weighted by molar-refractivity contribution is 7.86. The summed E-state index contributed by atoms with van der Waals surface area (Å²) in [4.78, 5) is 0. The van der Waals surface area contributed by atoms with Crippen LogP contribution >= 0.6 is 0 Å². The molecule has 0 atom stereocenters. The molecule has 0 N–H and O–H groups in total. The summed E-state index contributed by atoms with van der Waals surface area (Å²) in [6.07, 6.45) is 1.99. The average molecular weight is 242 g/mol. The molecule has 1 fully saturated rings. The highest BCUT2D eigenvalue weighted by Gasteiger charge is 2.37. The summed E-state index contributed by atoms with van der Waals surface area (Å²) in [6.45, 7) is 0.912. The molecule has 0 aromatic heterocycles. The Labute approximate surface area is 88.9 Å². The van der Waals surface area contributed by atoms with Gasteiger partial charge in [0.1, 0.15) is 0 Å². The van der Waals surface area contributed by atoms with E-state index in [4.69, 9.17) is 4.18 Å². The molecule has 0 spiro atoms. The number of alkyl halides is 2. The van der Waals surface area contributed by atoms with E-state index in [1.165, 1.54) is 0 Å². The van der Waals surface area contributed by atoms with Crippen LogP contribution in [-0.2, 0) is 14.3 Å². The molecule has 1 aliphatic rings. The van der Waals surface area contributed by atoms with E-state index in [0.717, 1.165) is 13.2 Å². The van der Waals surface area contributed by atoms with Gasteiger partial charge in [0.2, 0.25) is 5.92 Å². The summed E-state index contributed by atoms with van der Waals surface area (Å²) in [5.74, 6) is -3.31. The summed E-state index contributed by atoms with van der Waals surface area (Å²) >= 11 is 0. The maximum absolute atomic E-state index is 12.9. The first-order valence-electron chi connectivity index (χ1n) is 4.94. The molecule has 0 unspecified atom stereocenters. The maximum Gasteiger partial charge on any atom is 0.264 e. The van der Waals surface area contributed by atoms with Crippen molar-refractivity contribution in [2.75, 3.05) is 6.26 Å². The average Bonchev–Trinajstić information content (AvgIpc) is 2.00. The Morgan fingerprint density at radius 2 is 1.67 bits per heavy atom. The Kier molecular flexibility index (Phi) is 3.71. The van der Waals surface area contributed by atoms with Gasteiger partial charge in [-0.15, -0.1) is 0 Å². The molecular weight excluding hydrogens is 226 g/mol. The van der Waals surface area contributed by atoms with Gasteiger partial charge in [0.15, 0.2) is 0 Å². The Morgan fingerprint density at radius 3 is 2.00 bits per heavy atom. The van der Waals surface area contributed by atoms with Gasteiger partial charge in [-0.25, -0.2) is 8.78 Å². The fourth-order valence-corrected chi connectivity index (χ4v) is 2.60. The second-order valence-corrected chi connectivity index (χ2v) is 5.83. The lowest BCUT2D eigenvalue weighted by Crippen LogP contribution is -2.32. The van der Waals surface area contributed by atoms with Crippen LogP contribution < -0.4 is 0 Å². The predicted molar refractivity (Wildman–Crippen MR) is 52.3 cm³/mol. The highest BCUT2D eigenvalue weighted by atomic mass is 32.2. The lowest BCUT2D eigenvalue weighted by Gasteiger charge is -2.31. The molecule has 0 aromatic rings. The van der Waals surface area contributed by atoms with Crippen LogP contribution in [0.4, 0.5) is 8.78 Å². The van der Waals surface area contributed by atoms with Crippen molar-refractivity contribution in [3.8, 4) is 0 Å². The summed E-state index contributed by atoms with van der Waals surface area (Å²) < 4.78 is 52.2. The lowest BCUT2D eigenvalue weighted by atomic mass is 9.84. The van der Waals surface area contributed by atoms with Crippen molar-refractivity contribution in [3.63, 3.8) is 0 Å². The quantitative estimate of drug-likeness (QED) is 0.712. The molecule has 0 saturated heterocycles. The summed E-state index contributed by atoms with van der Waals surface area (Å²) in [6, 6.07) is 0. The van der Waals surface area contributed by atoms with Gasteiger partial charge < -0.3 is 0 Å². The smallest absolute Gasteiger partial charge is 0.264 e. The Bertz CT molecular complexity index is 300. The largest absolute Gasteiger partial charge is 0.267 e. The minimum absolute atomic E-state index is 0.323. The zero-order chi connectivity index (χ0) is 11.7. The molecule has 1 saturated carbocycles. The molecule has 0 bridgehead atoms. The zero-order valence-corrected chi connectivity index (χ0v) is 9.69. The lowest BCUT2D eigenvalue weighted by molar-refractivity contribution is -0.0625. The van der Waals surface area contributed by atoms with E-state index in [2.05, 4.69) is 0 Å². The van der Waals surface area contributed by atoms with E-state index in [-0.39, 0.29) is 0 Å². The van der Waals surface area contributed by atoms with Gasteiger partial charge in [0.05, 0.1) is 12.4 Å². The molecule has 3 nitrogen and oxygen atoms in total. The number of halogens is 2. The van der Waals surface area contributed by atoms with Crippen molar-refractivity contribution in [2.45, 2.75) is 44.6 Å². The number of hydrogen-bond acceptors (Lipinski definition) is 3. The summed E-state index contributed by atoms with van der Waals surface area (Å²) in [5.41, 5.74) is 0. The van der Waals surface area contributed by atoms with Crippen molar-refractivity contribution < 1.29 is 21.4 Å². The number of hydrogen-bond donors (Lipinski definition) is 0. The molecule has 90 valence electrons. The topological polar surface area (TPSA) is 43.4 Å². The summed E-state index contributed by atoms with van der Waals surface area (Å²) in [5, 5.41) is 0. The minimum Gasteiger partial charge on any atom is -0.267 e. The number of rotatable bonds is 3. The van der Waals surface area contributed by atoms with Gasteiger partial charge in [-0.05, 0) is 32.6 Å². The van der Waals surface area contributed by atoms with E-state index in [0.29, 0.717) is 25.7 Å². The third-order valence-corrected chi connectivity index (χ3v) is 3.32. The maximum atomic E-state index is 12.9. The van der Waals surface area contributed by atoms with E-state index < -0.39 is 28.1 Å². The molecule has 1 aliphatic carbocycles. The van der Waals surface area contributed by atoms with Crippen molar-refractivity contribution >= 4 is 10.1 Å². The van der Waals surface area contributed by atoms with Gasteiger partial charge in [-0.3, -0.25) is 4.18 Å². The molecule has 15 heavy (non-hydrogen) atoms. The molecule has 0 heterocycles. The molecule has 6 heteroatoms. The van der Waals surface area contributed by atoms with Gasteiger partial charge in [0, 0.05) is 5.92 Å². The Hall–Kier alpha value is -0.230. The molecule has 0 aromatic carbocycles. The minimum atomic E-state index is -3.46. The highest BCUT2D eigenvalue weighted by Crippen LogP contribution is 2.37. The molecule has 0 radical (unpaired) electrons. The van der Waals surface area contributed by atoms with Crippen molar-refractivity contribution in [3.05, 3.63) is 0 Å². The van der Waals surface area contributed by atoms with E-state index >= 15 is 0 Å². The first-order valence-corrected chi connectivity index (χ1v) is 6.76. The molecule has 0 amide bonds. The third kappa shape index (κ3) is 4.42. The van der Waals surface area contributed by atoms with Gasteiger partial charge in [-0.1, -0.05) is 0 Å². The summed E-state index contributed by atoms with van der Waals surface area (Å²) in [7, 11) is -3.46. The normalized spacial score (nSPS) is 29.1. The predicted octanol–water partition coefficient (Wildman–Crippen LogP) is 2.18. The first kappa shape index (κ1) is 12.8. The van der Waals surface area contributed by atoms with Crippen molar-refractivity contribution in [1.29, 1.82) is 0 Å². The van der Waals surface area contributed by atoms with E-state index in [1.54, 1.807) is 0 Å². The van der Waals surface area contributed by atoms with Crippen molar-refractivity contribution in [1.82, 2.24) is 0 Å². The van der Waals surface area contributed by atoms with E-state index in [1.807, 2.05) is 0 Å². The second kappa shape index (κ2) is 4.33. The van der Waals surface area contributed by atoms with E-state index in [9.17, 15) is 17.2 Å². The van der Waals surface area contributed by atoms with Crippen LogP contribution in [0.1, 0.15) is 32.6 Å². The van der Waals surface area contributed by atoms with Crippen LogP contribution in [0.3, 0.4) is 0 Å². The second-order valence-electron chi connectivity index (χ2n) is 4.23. The Balaban J connectivity index is 2.43. The van der Waals surface area contributed by atoms with Crippen molar-refractivity contribution in [2.24, 2.45) is 5.92 Å². The van der Waals surface area contributed by atoms with Crippen LogP contribution in [0, 0.1) is 5.92 Å². The standard InChI is InChI=1S/C9H16F2O3S/c1-9(10,11)7-3-5-8(6-4-7)14-15(2,12)13/h7-8H,3-6H2,1-2H3/t7-,8-. The SMILES string of the molecule is CC(F)(F)[C@H]1CC[C@H](OS(C)(=O)=O)CC1. The Morgan fingerprint density at radius 1 is 1.20 bits per heavy atom. The first-order chi connectivity index (χ1) is 6.68. The van der Waals surface area contributed by atoms with Crippen LogP contribution in [0.5, 0.6) is 0 Å². The molecule has 0 aliphatic heterocycles. The van der Waals surface area contributed by atoms with Crippen LogP contribution in [-0.4, -0.2) is 26.7 Å². The monoisotopic (exact) mass is 242 g/mol. The fraction of sp³-hybridized carbons (Fsp3) is 1.00. The molecule has 1 rings (SSSR count). The molecular formula is C9H16F2O3S. The van der Waals surface area contributed by atoms with Crippen LogP contribution in [0.25, 0.3) is 0 Å². The van der Waals surface area contributed by atoms with Gasteiger partial charge >= 0.3 is 0 Å². The van der Waals surface area contributed by atoms with Crippen LogP contribution in [0.15, 0.2) is 0 Å². The van der Waals surface area contributed by atoms with Gasteiger partial charge in [-0.2, -0.15) is 8.42 Å². The van der Waals surface area contributed by atoms with Crippen LogP contribution in [0.2, 0.25) is 0 Å². The third-order valence-electron chi connectivity index (χ3n) is 2.70.